The van der Waals surface area contributed by atoms with Crippen molar-refractivity contribution in [2.45, 2.75) is 28.7 Å². The minimum Gasteiger partial charge on any atom is -0.496 e. The molecule has 9 heteroatoms. The number of halogens is 3. The summed E-state index contributed by atoms with van der Waals surface area (Å²) in [5.41, 5.74) is -0.273. The van der Waals surface area contributed by atoms with E-state index in [0.29, 0.717) is 48.7 Å². The second kappa shape index (κ2) is 6.98. The van der Waals surface area contributed by atoms with Crippen molar-refractivity contribution in [3.05, 3.63) is 17.7 Å². The largest absolute Gasteiger partial charge is 0.496 e. The van der Waals surface area contributed by atoms with Gasteiger partial charge < -0.3 is 19.1 Å². The summed E-state index contributed by atoms with van der Waals surface area (Å²) in [6.45, 7) is 0.687. The smallest absolute Gasteiger partial charge is 0.274 e. The second-order valence-electron chi connectivity index (χ2n) is 6.38. The normalized spacial score (nSPS) is 19.0. The molecule has 0 aromatic heterocycles. The second-order valence-corrected chi connectivity index (χ2v) is 8.66. The molecule has 1 spiro atoms. The van der Waals surface area contributed by atoms with Crippen LogP contribution in [0.4, 0.5) is 0 Å². The van der Waals surface area contributed by atoms with Crippen LogP contribution in [0, 0.1) is 0 Å². The van der Waals surface area contributed by atoms with Gasteiger partial charge in [-0.25, -0.2) is 0 Å². The van der Waals surface area contributed by atoms with E-state index >= 15 is 0 Å². The Labute approximate surface area is 166 Å². The molecule has 2 aliphatic heterocycles. The fourth-order valence-electron chi connectivity index (χ4n) is 3.43. The van der Waals surface area contributed by atoms with Gasteiger partial charge in [-0.05, 0) is 0 Å². The first-order valence-corrected chi connectivity index (χ1v) is 9.17. The average molecular weight is 423 g/mol. The quantitative estimate of drug-likeness (QED) is 0.684. The molecule has 3 rings (SSSR count). The van der Waals surface area contributed by atoms with E-state index in [0.717, 1.165) is 0 Å². The summed E-state index contributed by atoms with van der Waals surface area (Å²) in [4.78, 5) is 26.4. The SMILES string of the molecule is COc1cc(OC)c2c(c1)OC1(CCN(C(=O)C(Cl)(Cl)Cl)CC1)CC2=O. The van der Waals surface area contributed by atoms with Crippen molar-refractivity contribution in [1.29, 1.82) is 0 Å². The standard InChI is InChI=1S/C17H18Cl3NO5/c1-24-10-7-12(25-2)14-11(22)9-16(26-13(14)8-10)3-5-21(6-4-16)15(23)17(18,19)20/h7-8H,3-6,9H2,1-2H3. The molecule has 0 saturated carbocycles. The lowest BCUT2D eigenvalue weighted by atomic mass is 9.82. The highest BCUT2D eigenvalue weighted by Crippen LogP contribution is 2.45. The number of amides is 1. The lowest BCUT2D eigenvalue weighted by Gasteiger charge is -2.44. The van der Waals surface area contributed by atoms with E-state index < -0.39 is 15.3 Å². The molecule has 1 saturated heterocycles. The van der Waals surface area contributed by atoms with Gasteiger partial charge in [-0.3, -0.25) is 9.59 Å². The van der Waals surface area contributed by atoms with E-state index in [9.17, 15) is 9.59 Å². The lowest BCUT2D eigenvalue weighted by molar-refractivity contribution is -0.133. The summed E-state index contributed by atoms with van der Waals surface area (Å²) in [6, 6.07) is 3.33. The van der Waals surface area contributed by atoms with Gasteiger partial charge in [0.25, 0.3) is 9.70 Å². The highest BCUT2D eigenvalue weighted by atomic mass is 35.6. The van der Waals surface area contributed by atoms with Crippen LogP contribution in [0.3, 0.4) is 0 Å². The lowest BCUT2D eigenvalue weighted by Crippen LogP contribution is -2.54. The number of ether oxygens (including phenoxy) is 3. The molecule has 2 aliphatic rings. The number of nitrogens with zero attached hydrogens (tertiary/aromatic N) is 1. The highest BCUT2D eigenvalue weighted by Gasteiger charge is 2.46. The minimum absolute atomic E-state index is 0.0630. The Morgan fingerprint density at radius 3 is 2.38 bits per heavy atom. The van der Waals surface area contributed by atoms with Crippen LogP contribution < -0.4 is 14.2 Å². The molecule has 0 aliphatic carbocycles. The maximum absolute atomic E-state index is 12.8. The number of ketones is 1. The van der Waals surface area contributed by atoms with Crippen LogP contribution in [0.25, 0.3) is 0 Å². The molecule has 0 unspecified atom stereocenters. The zero-order valence-electron chi connectivity index (χ0n) is 14.3. The maximum Gasteiger partial charge on any atom is 0.274 e. The topological polar surface area (TPSA) is 65.1 Å². The van der Waals surface area contributed by atoms with Gasteiger partial charge in [0.15, 0.2) is 5.78 Å². The van der Waals surface area contributed by atoms with Crippen LogP contribution in [0.15, 0.2) is 12.1 Å². The van der Waals surface area contributed by atoms with Gasteiger partial charge in [0.05, 0.1) is 20.6 Å². The van der Waals surface area contributed by atoms with E-state index in [1.807, 2.05) is 0 Å². The molecule has 0 atom stereocenters. The van der Waals surface area contributed by atoms with Crippen LogP contribution in [0.1, 0.15) is 29.6 Å². The van der Waals surface area contributed by atoms with Crippen LogP contribution in [0.2, 0.25) is 0 Å². The Morgan fingerprint density at radius 2 is 1.85 bits per heavy atom. The Bertz CT molecular complexity index is 739. The molecule has 0 radical (unpaired) electrons. The first-order valence-electron chi connectivity index (χ1n) is 8.03. The first kappa shape index (κ1) is 19.4. The number of piperidine rings is 1. The minimum atomic E-state index is -1.99. The van der Waals surface area contributed by atoms with Gasteiger partial charge in [0.2, 0.25) is 0 Å². The summed E-state index contributed by atoms with van der Waals surface area (Å²) < 4.78 is 14.8. The van der Waals surface area contributed by atoms with E-state index in [1.54, 1.807) is 12.1 Å². The number of carbonyl (C=O) groups excluding carboxylic acids is 2. The number of carbonyl (C=O) groups is 2. The van der Waals surface area contributed by atoms with Crippen molar-refractivity contribution < 1.29 is 23.8 Å². The first-order chi connectivity index (χ1) is 12.2. The van der Waals surface area contributed by atoms with Crippen molar-refractivity contribution in [1.82, 2.24) is 4.90 Å². The number of Topliss-reactive ketones (excluding diaryl/α,β-unsaturated/α-hetero) is 1. The fraction of sp³-hybridized carbons (Fsp3) is 0.529. The number of rotatable bonds is 2. The van der Waals surface area contributed by atoms with Crippen LogP contribution in [-0.2, 0) is 4.79 Å². The van der Waals surface area contributed by atoms with Crippen molar-refractivity contribution in [3.8, 4) is 17.2 Å². The third-order valence-corrected chi connectivity index (χ3v) is 5.27. The van der Waals surface area contributed by atoms with E-state index in [2.05, 4.69) is 0 Å². The Balaban J connectivity index is 1.83. The van der Waals surface area contributed by atoms with Crippen molar-refractivity contribution in [2.75, 3.05) is 27.3 Å². The summed E-state index contributed by atoms with van der Waals surface area (Å²) in [7, 11) is 3.02. The summed E-state index contributed by atoms with van der Waals surface area (Å²) in [5, 5.41) is 0. The van der Waals surface area contributed by atoms with Crippen LogP contribution >= 0.6 is 34.8 Å². The molecular weight excluding hydrogens is 405 g/mol. The Morgan fingerprint density at radius 1 is 1.19 bits per heavy atom. The van der Waals surface area contributed by atoms with E-state index in [1.165, 1.54) is 19.1 Å². The molecule has 1 amide bonds. The molecule has 26 heavy (non-hydrogen) atoms. The maximum atomic E-state index is 12.8. The summed E-state index contributed by atoms with van der Waals surface area (Å²) in [5.74, 6) is 0.756. The number of fused-ring (bicyclic) bond motifs is 1. The van der Waals surface area contributed by atoms with Crippen LogP contribution in [0.5, 0.6) is 17.2 Å². The van der Waals surface area contributed by atoms with E-state index in [4.69, 9.17) is 49.0 Å². The molecule has 6 nitrogen and oxygen atoms in total. The molecule has 1 aromatic carbocycles. The number of methoxy groups -OCH3 is 2. The van der Waals surface area contributed by atoms with Gasteiger partial charge in [-0.2, -0.15) is 0 Å². The van der Waals surface area contributed by atoms with Gasteiger partial charge in [0, 0.05) is 38.1 Å². The zero-order valence-corrected chi connectivity index (χ0v) is 16.6. The highest BCUT2D eigenvalue weighted by molar-refractivity contribution is 6.76. The molecule has 1 aromatic rings. The zero-order chi connectivity index (χ0) is 19.1. The van der Waals surface area contributed by atoms with Gasteiger partial charge in [-0.15, -0.1) is 0 Å². The summed E-state index contributed by atoms with van der Waals surface area (Å²) >= 11 is 17.0. The fourth-order valence-corrected chi connectivity index (χ4v) is 3.78. The molecule has 0 bridgehead atoms. The number of hydrogen-bond acceptors (Lipinski definition) is 5. The third kappa shape index (κ3) is 3.55. The Hall–Kier alpha value is -1.37. The van der Waals surface area contributed by atoms with Crippen molar-refractivity contribution in [3.63, 3.8) is 0 Å². The molecule has 1 fully saturated rings. The van der Waals surface area contributed by atoms with Gasteiger partial charge >= 0.3 is 0 Å². The Kier molecular flexibility index (Phi) is 5.21. The third-order valence-electron chi connectivity index (χ3n) is 4.79. The van der Waals surface area contributed by atoms with Gasteiger partial charge in [0.1, 0.15) is 28.4 Å². The number of benzene rings is 1. The predicted octanol–water partition coefficient (Wildman–Crippen LogP) is 3.40. The van der Waals surface area contributed by atoms with Crippen molar-refractivity contribution >= 4 is 46.5 Å². The molecule has 142 valence electrons. The predicted molar refractivity (Wildman–Crippen MR) is 98.0 cm³/mol. The van der Waals surface area contributed by atoms with Crippen LogP contribution in [-0.4, -0.2) is 53.3 Å². The average Bonchev–Trinajstić information content (AvgIpc) is 2.59. The number of hydrogen-bond donors (Lipinski definition) is 0. The van der Waals surface area contributed by atoms with E-state index in [-0.39, 0.29) is 12.2 Å². The molecular formula is C17H18Cl3NO5. The van der Waals surface area contributed by atoms with Gasteiger partial charge in [-0.1, -0.05) is 34.8 Å². The van der Waals surface area contributed by atoms with Crippen molar-refractivity contribution in [2.24, 2.45) is 0 Å². The number of alkyl halides is 3. The number of likely N-dealkylation sites (tertiary alicyclic amines) is 1. The molecule has 2 heterocycles. The molecule has 0 N–H and O–H groups in total. The monoisotopic (exact) mass is 421 g/mol. The summed E-state index contributed by atoms with van der Waals surface area (Å²) in [6.07, 6.45) is 1.13.